The number of pyridine rings is 1. The molecular weight excluding hydrogens is 751 g/mol. The predicted octanol–water partition coefficient (Wildman–Crippen LogP) is 7.00. The molecule has 3 saturated heterocycles. The van der Waals surface area contributed by atoms with Gasteiger partial charge in [-0.3, -0.25) is 14.6 Å². The van der Waals surface area contributed by atoms with E-state index in [2.05, 4.69) is 4.90 Å². The summed E-state index contributed by atoms with van der Waals surface area (Å²) in [5.74, 6) is -1.12. The van der Waals surface area contributed by atoms with Gasteiger partial charge in [-0.25, -0.2) is 18.4 Å². The fourth-order valence-electron chi connectivity index (χ4n) is 6.50. The number of carboxylic acid groups (broad SMARTS) is 1. The molecule has 4 heterocycles. The van der Waals surface area contributed by atoms with Crippen molar-refractivity contribution in [1.82, 2.24) is 4.90 Å². The van der Waals surface area contributed by atoms with Gasteiger partial charge in [0.15, 0.2) is 23.9 Å². The number of benzene rings is 3. The normalized spacial score (nSPS) is 17.7. The third-order valence-electron chi connectivity index (χ3n) is 9.27. The summed E-state index contributed by atoms with van der Waals surface area (Å²) in [4.78, 5) is 38.8. The molecule has 0 spiro atoms. The molecule has 286 valence electrons. The van der Waals surface area contributed by atoms with Gasteiger partial charge in [0.05, 0.1) is 32.0 Å². The fraction of sp³-hybridized carbons (Fsp3) is 0.316. The first kappa shape index (κ1) is 40.0. The first-order chi connectivity index (χ1) is 25.9. The molecule has 4 aromatic rings. The number of ether oxygens (including phenoxy) is 4. The van der Waals surface area contributed by atoms with Gasteiger partial charge in [-0.15, -0.1) is 0 Å². The number of aromatic nitrogens is 1. The van der Waals surface area contributed by atoms with Crippen LogP contribution in [-0.4, -0.2) is 68.5 Å². The molecule has 3 aliphatic rings. The van der Waals surface area contributed by atoms with E-state index in [0.717, 1.165) is 61.4 Å². The van der Waals surface area contributed by atoms with Gasteiger partial charge in [0.25, 0.3) is 6.47 Å². The Hall–Kier alpha value is -5.18. The van der Waals surface area contributed by atoms with Gasteiger partial charge in [-0.05, 0) is 79.4 Å². The highest BCUT2D eigenvalue weighted by Gasteiger charge is 2.38. The second kappa shape index (κ2) is 18.2. The lowest BCUT2D eigenvalue weighted by Gasteiger charge is -2.44. The first-order valence-electron chi connectivity index (χ1n) is 16.8. The lowest BCUT2D eigenvalue weighted by Crippen LogP contribution is -2.53. The number of carbonyl (C=O) groups excluding carboxylic acids is 2. The van der Waals surface area contributed by atoms with E-state index in [-0.39, 0.29) is 52.8 Å². The van der Waals surface area contributed by atoms with Gasteiger partial charge in [-0.2, -0.15) is 4.73 Å². The maximum absolute atomic E-state index is 15.0. The Bertz CT molecular complexity index is 1940. The quantitative estimate of drug-likeness (QED) is 0.0731. The maximum Gasteiger partial charge on any atom is 0.415 e. The Balaban J connectivity index is 0.00000181. The van der Waals surface area contributed by atoms with Crippen molar-refractivity contribution in [3.63, 3.8) is 0 Å². The highest BCUT2D eigenvalue weighted by atomic mass is 35.5. The number of halogens is 4. The van der Waals surface area contributed by atoms with E-state index in [9.17, 15) is 19.2 Å². The lowest BCUT2D eigenvalue weighted by atomic mass is 9.86. The molecule has 1 aromatic heterocycles. The van der Waals surface area contributed by atoms with Crippen molar-refractivity contribution in [3.05, 3.63) is 122 Å². The van der Waals surface area contributed by atoms with Crippen LogP contribution < -0.4 is 19.1 Å². The number of fused-ring (bicyclic) bond motifs is 3. The molecule has 1 amide bonds. The summed E-state index contributed by atoms with van der Waals surface area (Å²) >= 11 is 12.7. The number of esters is 1. The zero-order valence-corrected chi connectivity index (χ0v) is 30.8. The average molecular weight is 789 g/mol. The van der Waals surface area contributed by atoms with Gasteiger partial charge in [0.1, 0.15) is 33.9 Å². The van der Waals surface area contributed by atoms with Crippen molar-refractivity contribution in [2.75, 3.05) is 38.8 Å². The summed E-state index contributed by atoms with van der Waals surface area (Å²) in [5, 5.41) is 18.9. The molecule has 1 N–H and O–H groups in total. The average Bonchev–Trinajstić information content (AvgIpc) is 3.16. The lowest BCUT2D eigenvalue weighted by molar-refractivity contribution is -0.605. The van der Waals surface area contributed by atoms with Crippen LogP contribution in [0.5, 0.6) is 11.5 Å². The number of rotatable bonds is 11. The van der Waals surface area contributed by atoms with Crippen LogP contribution in [0, 0.1) is 22.8 Å². The summed E-state index contributed by atoms with van der Waals surface area (Å²) in [6.45, 7) is 2.08. The van der Waals surface area contributed by atoms with Crippen molar-refractivity contribution in [1.29, 1.82) is 0 Å². The summed E-state index contributed by atoms with van der Waals surface area (Å²) < 4.78 is 52.5. The Morgan fingerprint density at radius 3 is 2.24 bits per heavy atom. The van der Waals surface area contributed by atoms with E-state index < -0.39 is 29.8 Å². The van der Waals surface area contributed by atoms with E-state index in [0.29, 0.717) is 39.5 Å². The van der Waals surface area contributed by atoms with Gasteiger partial charge in [0, 0.05) is 24.6 Å². The van der Waals surface area contributed by atoms with Gasteiger partial charge in [0.2, 0.25) is 0 Å². The molecule has 2 atom stereocenters. The van der Waals surface area contributed by atoms with Gasteiger partial charge in [-0.1, -0.05) is 41.4 Å². The predicted molar refractivity (Wildman–Crippen MR) is 194 cm³/mol. The Kier molecular flexibility index (Phi) is 13.5. The van der Waals surface area contributed by atoms with Crippen LogP contribution in [0.2, 0.25) is 10.0 Å². The van der Waals surface area contributed by atoms with Gasteiger partial charge >= 0.3 is 12.1 Å². The number of amides is 1. The summed E-state index contributed by atoms with van der Waals surface area (Å²) in [5.41, 5.74) is 1.36. The molecule has 0 aliphatic carbocycles. The van der Waals surface area contributed by atoms with E-state index in [1.54, 1.807) is 30.3 Å². The Labute approximate surface area is 319 Å². The first-order valence-corrected chi connectivity index (χ1v) is 17.5. The van der Waals surface area contributed by atoms with Crippen molar-refractivity contribution < 1.29 is 51.9 Å². The summed E-state index contributed by atoms with van der Waals surface area (Å²) in [6, 6.07) is 14.1. The smallest absolute Gasteiger partial charge is 0.415 e. The Morgan fingerprint density at radius 2 is 1.65 bits per heavy atom. The number of hydrogen-bond donors (Lipinski definition) is 1. The monoisotopic (exact) mass is 787 g/mol. The third-order valence-corrected chi connectivity index (χ3v) is 9.93. The second-order valence-corrected chi connectivity index (χ2v) is 13.4. The van der Waals surface area contributed by atoms with E-state index in [1.165, 1.54) is 26.4 Å². The maximum atomic E-state index is 15.0. The second-order valence-electron chi connectivity index (χ2n) is 12.5. The fourth-order valence-corrected chi connectivity index (χ4v) is 7.09. The zero-order chi connectivity index (χ0) is 38.9. The van der Waals surface area contributed by atoms with Crippen molar-refractivity contribution >= 4 is 47.4 Å². The Morgan fingerprint density at radius 1 is 1.00 bits per heavy atom. The molecule has 7 rings (SSSR count). The molecule has 2 bridgehead atoms. The third kappa shape index (κ3) is 9.67. The van der Waals surface area contributed by atoms with E-state index >= 15 is 4.39 Å². The number of nitrogens with zero attached hydrogens (tertiary/aromatic N) is 3. The molecule has 3 aliphatic heterocycles. The van der Waals surface area contributed by atoms with Crippen LogP contribution in [-0.2, 0) is 27.2 Å². The van der Waals surface area contributed by atoms with Crippen LogP contribution in [0.4, 0.5) is 19.3 Å². The molecule has 1 unspecified atom stereocenters. The van der Waals surface area contributed by atoms with Crippen LogP contribution in [0.3, 0.4) is 0 Å². The van der Waals surface area contributed by atoms with Crippen LogP contribution in [0.25, 0.3) is 0 Å². The standard InChI is InChI=1S/C37H35Cl2F2N3O7.CH2O2/c1-48-32-10-7-25(15-34(32)49-2)33(17-27-28(38)19-43(47)20-29(27)39)50-36(45)24-5-3-22(4-6-24)18-44(31-16-26(40)8-9-30(31)41)37(46)51-35-21-42-13-11-23(35)12-14-42;2-1-3/h3-10,15-16,19-20,23,33,35H,11-14,17-18,21H2,1-2H3;1H,(H,2,3)/t33?,35-;/m0./s1. The zero-order valence-electron chi connectivity index (χ0n) is 29.3. The molecule has 0 saturated carbocycles. The highest BCUT2D eigenvalue weighted by molar-refractivity contribution is 6.35. The number of hydrogen-bond acceptors (Lipinski definition) is 9. The minimum absolute atomic E-state index is 0.0215. The van der Waals surface area contributed by atoms with Crippen molar-refractivity contribution in [2.24, 2.45) is 5.92 Å². The number of methoxy groups -OCH3 is 2. The number of piperidine rings is 3. The minimum Gasteiger partial charge on any atom is -0.619 e. The largest absolute Gasteiger partial charge is 0.619 e. The van der Waals surface area contributed by atoms with Crippen molar-refractivity contribution in [2.45, 2.75) is 38.0 Å². The molecule has 54 heavy (non-hydrogen) atoms. The van der Waals surface area contributed by atoms with Crippen LogP contribution in [0.15, 0.2) is 73.1 Å². The van der Waals surface area contributed by atoms with E-state index in [1.807, 2.05) is 0 Å². The highest BCUT2D eigenvalue weighted by Crippen LogP contribution is 2.36. The molecule has 3 fully saturated rings. The molecule has 16 heteroatoms. The molecular formula is C38H37Cl2F2N3O9. The van der Waals surface area contributed by atoms with Crippen LogP contribution in [0.1, 0.15) is 46.0 Å². The minimum atomic E-state index is -0.929. The topological polar surface area (TPSA) is 142 Å². The number of anilines is 1. The van der Waals surface area contributed by atoms with Crippen LogP contribution >= 0.6 is 23.2 Å². The molecule has 12 nitrogen and oxygen atoms in total. The van der Waals surface area contributed by atoms with Gasteiger partial charge < -0.3 is 29.3 Å². The summed E-state index contributed by atoms with van der Waals surface area (Å²) in [7, 11) is 2.97. The van der Waals surface area contributed by atoms with E-state index in [4.69, 9.17) is 52.1 Å². The SMILES string of the molecule is COc1ccc(C(Cc2c(Cl)c[n+]([O-])cc2Cl)OC(=O)c2ccc(CN(C(=O)O[C@H]3CN4CCC3CC4)c3cc(F)ccc3F)cc2)cc1OC.O=CO. The summed E-state index contributed by atoms with van der Waals surface area (Å²) in [6.07, 6.45) is 2.07. The number of carbonyl (C=O) groups is 3. The van der Waals surface area contributed by atoms with Crippen molar-refractivity contribution in [3.8, 4) is 11.5 Å². The molecule has 0 radical (unpaired) electrons. The molecule has 3 aromatic carbocycles.